The van der Waals surface area contributed by atoms with Gasteiger partial charge in [-0.05, 0) is 42.0 Å². The van der Waals surface area contributed by atoms with E-state index in [1.165, 1.54) is 42.5 Å². The van der Waals surface area contributed by atoms with Crippen molar-refractivity contribution < 1.29 is 28.4 Å². The minimum absolute atomic E-state index is 0.0356. The summed E-state index contributed by atoms with van der Waals surface area (Å²) < 4.78 is 19.6. The molecule has 0 spiro atoms. The fourth-order valence-electron chi connectivity index (χ4n) is 3.37. The van der Waals surface area contributed by atoms with Crippen LogP contribution in [0.1, 0.15) is 11.1 Å². The van der Waals surface area contributed by atoms with E-state index in [2.05, 4.69) is 10.6 Å². The van der Waals surface area contributed by atoms with E-state index in [1.807, 2.05) is 0 Å². The van der Waals surface area contributed by atoms with Crippen LogP contribution in [-0.2, 0) is 16.2 Å². The average Bonchev–Trinajstić information content (AvgIpc) is 3.12. The van der Waals surface area contributed by atoms with Crippen molar-refractivity contribution in [2.24, 2.45) is 0 Å². The Labute approximate surface area is 204 Å². The van der Waals surface area contributed by atoms with Gasteiger partial charge in [-0.3, -0.25) is 19.7 Å². The normalized spacial score (nSPS) is 14.0. The number of urea groups is 1. The summed E-state index contributed by atoms with van der Waals surface area (Å²) in [6.07, 6.45) is 1.42. The predicted octanol–water partition coefficient (Wildman–Crippen LogP) is 3.84. The van der Waals surface area contributed by atoms with Gasteiger partial charge in [0.05, 0.1) is 10.6 Å². The number of hydrogen-bond donors (Lipinski definition) is 2. The van der Waals surface area contributed by atoms with Crippen molar-refractivity contribution in [3.63, 3.8) is 0 Å². The molecule has 2 N–H and O–H groups in total. The van der Waals surface area contributed by atoms with Crippen LogP contribution in [0.5, 0.6) is 5.75 Å². The van der Waals surface area contributed by atoms with Gasteiger partial charge < -0.3 is 15.4 Å². The molecule has 1 aliphatic rings. The zero-order valence-electron chi connectivity index (χ0n) is 18.6. The van der Waals surface area contributed by atoms with Crippen molar-refractivity contribution in [1.29, 1.82) is 0 Å². The lowest BCUT2D eigenvalue weighted by atomic mass is 10.1. The summed E-state index contributed by atoms with van der Waals surface area (Å²) in [4.78, 5) is 48.4. The lowest BCUT2D eigenvalue weighted by Crippen LogP contribution is -2.38. The van der Waals surface area contributed by atoms with Crippen LogP contribution in [0.15, 0.2) is 78.5 Å². The number of carbonyl (C=O) groups is 3. The van der Waals surface area contributed by atoms with Gasteiger partial charge in [-0.2, -0.15) is 0 Å². The number of anilines is 1. The Hall–Kier alpha value is -5.06. The molecule has 0 aromatic heterocycles. The van der Waals surface area contributed by atoms with Crippen LogP contribution in [0.2, 0.25) is 0 Å². The molecule has 0 aliphatic carbocycles. The summed E-state index contributed by atoms with van der Waals surface area (Å²) in [6, 6.07) is 17.4. The number of carbonyl (C=O) groups excluding carboxylic acids is 3. The topological polar surface area (TPSA) is 131 Å². The van der Waals surface area contributed by atoms with Gasteiger partial charge in [0, 0.05) is 17.7 Å². The molecule has 0 radical (unpaired) electrons. The number of para-hydroxylation sites is 2. The van der Waals surface area contributed by atoms with Crippen LogP contribution in [0, 0.1) is 15.9 Å². The number of non-ortho nitro benzene ring substituents is 1. The zero-order valence-corrected chi connectivity index (χ0v) is 18.6. The summed E-state index contributed by atoms with van der Waals surface area (Å²) in [6.45, 7) is -0.491. The summed E-state index contributed by atoms with van der Waals surface area (Å²) >= 11 is 0. The molecule has 1 fully saturated rings. The third kappa shape index (κ3) is 5.53. The number of benzene rings is 3. The maximum Gasteiger partial charge on any atom is 0.329 e. The quantitative estimate of drug-likeness (QED) is 0.214. The molecule has 1 heterocycles. The maximum absolute atomic E-state index is 13.8. The largest absolute Gasteiger partial charge is 0.488 e. The van der Waals surface area contributed by atoms with Crippen molar-refractivity contribution in [1.82, 2.24) is 10.2 Å². The van der Waals surface area contributed by atoms with Crippen molar-refractivity contribution in [2.75, 3.05) is 11.9 Å². The molecule has 4 amide bonds. The molecule has 36 heavy (non-hydrogen) atoms. The fourth-order valence-corrected chi connectivity index (χ4v) is 3.37. The van der Waals surface area contributed by atoms with Crippen LogP contribution < -0.4 is 15.4 Å². The lowest BCUT2D eigenvalue weighted by molar-refractivity contribution is -0.384. The molecular formula is C25H19FN4O6. The third-order valence-corrected chi connectivity index (χ3v) is 5.17. The van der Waals surface area contributed by atoms with E-state index in [-0.39, 0.29) is 23.7 Å². The third-order valence-electron chi connectivity index (χ3n) is 5.17. The number of nitrogens with one attached hydrogen (secondary N) is 2. The number of amides is 4. The Balaban J connectivity index is 1.44. The number of imide groups is 1. The SMILES string of the molecule is O=C(CN1C(=O)N/C(=C/c2ccccc2OCc2ccc([N+](=O)[O-])cc2)C1=O)Nc1ccccc1F. The van der Waals surface area contributed by atoms with Crippen LogP contribution in [0.3, 0.4) is 0 Å². The highest BCUT2D eigenvalue weighted by molar-refractivity contribution is 6.16. The Kier molecular flexibility index (Phi) is 7.00. The molecule has 182 valence electrons. The van der Waals surface area contributed by atoms with Crippen LogP contribution in [0.25, 0.3) is 6.08 Å². The van der Waals surface area contributed by atoms with E-state index in [0.29, 0.717) is 21.8 Å². The lowest BCUT2D eigenvalue weighted by Gasteiger charge is -2.12. The van der Waals surface area contributed by atoms with Gasteiger partial charge in [0.1, 0.15) is 30.4 Å². The average molecular weight is 490 g/mol. The van der Waals surface area contributed by atoms with Crippen LogP contribution in [0.4, 0.5) is 20.6 Å². The van der Waals surface area contributed by atoms with E-state index in [1.54, 1.807) is 36.4 Å². The van der Waals surface area contributed by atoms with Gasteiger partial charge in [0.25, 0.3) is 11.6 Å². The number of ether oxygens (including phenoxy) is 1. The van der Waals surface area contributed by atoms with Crippen LogP contribution >= 0.6 is 0 Å². The molecule has 0 unspecified atom stereocenters. The number of nitro groups is 1. The second-order valence-electron chi connectivity index (χ2n) is 7.66. The van der Waals surface area contributed by atoms with Gasteiger partial charge in [0.15, 0.2) is 0 Å². The summed E-state index contributed by atoms with van der Waals surface area (Å²) in [5.41, 5.74) is 1.02. The Morgan fingerprint density at radius 2 is 1.75 bits per heavy atom. The molecule has 11 heteroatoms. The molecule has 0 saturated carbocycles. The summed E-state index contributed by atoms with van der Waals surface area (Å²) in [7, 11) is 0. The van der Waals surface area contributed by atoms with Gasteiger partial charge in [0.2, 0.25) is 5.91 Å². The molecule has 1 saturated heterocycles. The minimum atomic E-state index is -0.792. The second-order valence-corrected chi connectivity index (χ2v) is 7.66. The molecule has 0 atom stereocenters. The standard InChI is InChI=1S/C25H19FN4O6/c26-19-6-2-3-7-20(19)27-23(31)14-29-24(32)21(28-25(29)33)13-17-5-1-4-8-22(17)36-15-16-9-11-18(12-10-16)30(34)35/h1-13H,14-15H2,(H,27,31)(H,28,33)/b21-13+. The smallest absolute Gasteiger partial charge is 0.329 e. The van der Waals surface area contributed by atoms with Crippen LogP contribution in [-0.4, -0.2) is 34.2 Å². The first kappa shape index (κ1) is 24.1. The molecule has 3 aromatic carbocycles. The molecule has 1 aliphatic heterocycles. The highest BCUT2D eigenvalue weighted by atomic mass is 19.1. The van der Waals surface area contributed by atoms with E-state index in [0.717, 1.165) is 0 Å². The van der Waals surface area contributed by atoms with E-state index in [9.17, 15) is 28.9 Å². The van der Waals surface area contributed by atoms with Crippen molar-refractivity contribution >= 4 is 35.3 Å². The predicted molar refractivity (Wildman–Crippen MR) is 127 cm³/mol. The molecule has 3 aromatic rings. The molecule has 10 nitrogen and oxygen atoms in total. The van der Waals surface area contributed by atoms with Crippen molar-refractivity contribution in [2.45, 2.75) is 6.61 Å². The van der Waals surface area contributed by atoms with Gasteiger partial charge in [-0.15, -0.1) is 0 Å². The Morgan fingerprint density at radius 1 is 1.06 bits per heavy atom. The van der Waals surface area contributed by atoms with Crippen molar-refractivity contribution in [3.05, 3.63) is 106 Å². The number of halogens is 1. The highest BCUT2D eigenvalue weighted by Crippen LogP contribution is 2.24. The van der Waals surface area contributed by atoms with Gasteiger partial charge >= 0.3 is 6.03 Å². The van der Waals surface area contributed by atoms with E-state index < -0.39 is 35.1 Å². The van der Waals surface area contributed by atoms with Crippen molar-refractivity contribution in [3.8, 4) is 5.75 Å². The minimum Gasteiger partial charge on any atom is -0.488 e. The molecule has 4 rings (SSSR count). The number of nitro benzene ring substituents is 1. The number of nitrogens with zero attached hydrogens (tertiary/aromatic N) is 2. The fraction of sp³-hybridized carbons (Fsp3) is 0.0800. The second kappa shape index (κ2) is 10.5. The Bertz CT molecular complexity index is 1370. The van der Waals surface area contributed by atoms with Gasteiger partial charge in [-0.25, -0.2) is 14.1 Å². The molecular weight excluding hydrogens is 471 g/mol. The van der Waals surface area contributed by atoms with Gasteiger partial charge in [-0.1, -0.05) is 30.3 Å². The first-order chi connectivity index (χ1) is 17.3. The summed E-state index contributed by atoms with van der Waals surface area (Å²) in [5.74, 6) is -1.71. The first-order valence-corrected chi connectivity index (χ1v) is 10.7. The highest BCUT2D eigenvalue weighted by Gasteiger charge is 2.35. The van der Waals surface area contributed by atoms with E-state index >= 15 is 0 Å². The molecule has 0 bridgehead atoms. The monoisotopic (exact) mass is 490 g/mol. The number of hydrogen-bond acceptors (Lipinski definition) is 6. The number of rotatable bonds is 8. The summed E-state index contributed by atoms with van der Waals surface area (Å²) in [5, 5.41) is 15.6. The van der Waals surface area contributed by atoms with E-state index in [4.69, 9.17) is 4.74 Å². The zero-order chi connectivity index (χ0) is 25.7. The first-order valence-electron chi connectivity index (χ1n) is 10.7. The Morgan fingerprint density at radius 3 is 2.47 bits per heavy atom. The maximum atomic E-state index is 13.8.